The summed E-state index contributed by atoms with van der Waals surface area (Å²) in [6, 6.07) is 21.1. The second kappa shape index (κ2) is 10.3. The Morgan fingerprint density at radius 3 is 2.65 bits per heavy atom. The summed E-state index contributed by atoms with van der Waals surface area (Å²) in [6.45, 7) is 4.66. The van der Waals surface area contributed by atoms with Crippen molar-refractivity contribution in [3.05, 3.63) is 100 Å². The Labute approximate surface area is 204 Å². The highest BCUT2D eigenvalue weighted by molar-refractivity contribution is 6.33. The normalized spacial score (nSPS) is 10.6. The summed E-state index contributed by atoms with van der Waals surface area (Å²) in [5.74, 6) is -0.218. The molecular formula is C27H24ClN5O. The van der Waals surface area contributed by atoms with Gasteiger partial charge < -0.3 is 4.90 Å². The SMILES string of the molecule is Cc1ccc(-n2nc(-c3ccccc3Cl)cc2C(=O)N(CCC#N)Cc2cccnc2)c(C)c1. The topological polar surface area (TPSA) is 74.8 Å². The van der Waals surface area contributed by atoms with Gasteiger partial charge in [-0.05, 0) is 49.2 Å². The Balaban J connectivity index is 1.82. The first-order valence-corrected chi connectivity index (χ1v) is 11.3. The zero-order valence-electron chi connectivity index (χ0n) is 19.1. The lowest BCUT2D eigenvalue weighted by Gasteiger charge is -2.22. The number of benzene rings is 2. The van der Waals surface area contributed by atoms with Gasteiger partial charge in [-0.3, -0.25) is 9.78 Å². The first-order valence-electron chi connectivity index (χ1n) is 11.0. The molecule has 0 aliphatic carbocycles. The lowest BCUT2D eigenvalue weighted by Crippen LogP contribution is -2.33. The average Bonchev–Trinajstić information content (AvgIpc) is 3.27. The number of aryl methyl sites for hydroxylation is 2. The highest BCUT2D eigenvalue weighted by Crippen LogP contribution is 2.29. The van der Waals surface area contributed by atoms with Crippen molar-refractivity contribution >= 4 is 17.5 Å². The first-order chi connectivity index (χ1) is 16.5. The van der Waals surface area contributed by atoms with E-state index in [1.165, 1.54) is 0 Å². The summed E-state index contributed by atoms with van der Waals surface area (Å²) >= 11 is 6.45. The Hall–Kier alpha value is -3.95. The Bertz CT molecular complexity index is 1360. The number of carbonyl (C=O) groups excluding carboxylic acids is 1. The Morgan fingerprint density at radius 2 is 1.94 bits per heavy atom. The largest absolute Gasteiger partial charge is 0.332 e. The van der Waals surface area contributed by atoms with Crippen molar-refractivity contribution in [3.8, 4) is 23.0 Å². The molecule has 2 heterocycles. The van der Waals surface area contributed by atoms with Gasteiger partial charge in [-0.25, -0.2) is 4.68 Å². The molecule has 0 saturated carbocycles. The molecule has 4 aromatic rings. The van der Waals surface area contributed by atoms with Crippen LogP contribution in [0, 0.1) is 25.2 Å². The van der Waals surface area contributed by atoms with Crippen molar-refractivity contribution in [2.24, 2.45) is 0 Å². The quantitative estimate of drug-likeness (QED) is 0.345. The number of rotatable bonds is 7. The van der Waals surface area contributed by atoms with Gasteiger partial charge >= 0.3 is 0 Å². The minimum absolute atomic E-state index is 0.218. The number of nitrogens with zero attached hydrogens (tertiary/aromatic N) is 5. The molecular weight excluding hydrogens is 446 g/mol. The second-order valence-corrected chi connectivity index (χ2v) is 8.50. The summed E-state index contributed by atoms with van der Waals surface area (Å²) < 4.78 is 1.68. The van der Waals surface area contributed by atoms with E-state index in [0.717, 1.165) is 27.9 Å². The summed E-state index contributed by atoms with van der Waals surface area (Å²) in [5, 5.41) is 14.5. The van der Waals surface area contributed by atoms with Crippen molar-refractivity contribution in [2.75, 3.05) is 6.54 Å². The van der Waals surface area contributed by atoms with Crippen LogP contribution in [0.25, 0.3) is 16.9 Å². The molecule has 0 N–H and O–H groups in total. The summed E-state index contributed by atoms with van der Waals surface area (Å²) in [5.41, 5.74) is 5.59. The Morgan fingerprint density at radius 1 is 1.12 bits per heavy atom. The van der Waals surface area contributed by atoms with Gasteiger partial charge in [0, 0.05) is 31.0 Å². The van der Waals surface area contributed by atoms with E-state index in [4.69, 9.17) is 16.7 Å². The van der Waals surface area contributed by atoms with E-state index in [9.17, 15) is 10.1 Å². The van der Waals surface area contributed by atoms with E-state index in [-0.39, 0.29) is 12.3 Å². The summed E-state index contributed by atoms with van der Waals surface area (Å²) in [4.78, 5) is 19.7. The highest BCUT2D eigenvalue weighted by atomic mass is 35.5. The number of nitriles is 1. The maximum Gasteiger partial charge on any atom is 0.272 e. The minimum atomic E-state index is -0.218. The molecule has 2 aromatic carbocycles. The molecule has 0 bridgehead atoms. The molecule has 0 aliphatic rings. The van der Waals surface area contributed by atoms with Crippen LogP contribution in [-0.4, -0.2) is 32.1 Å². The molecule has 170 valence electrons. The molecule has 0 saturated heterocycles. The molecule has 2 aromatic heterocycles. The van der Waals surface area contributed by atoms with Gasteiger partial charge in [0.25, 0.3) is 5.91 Å². The van der Waals surface area contributed by atoms with Crippen molar-refractivity contribution in [2.45, 2.75) is 26.8 Å². The zero-order chi connectivity index (χ0) is 24.1. The second-order valence-electron chi connectivity index (χ2n) is 8.09. The number of carbonyl (C=O) groups is 1. The van der Waals surface area contributed by atoms with Crippen LogP contribution < -0.4 is 0 Å². The van der Waals surface area contributed by atoms with E-state index < -0.39 is 0 Å². The van der Waals surface area contributed by atoms with Crippen LogP contribution in [-0.2, 0) is 6.54 Å². The number of hydrogen-bond acceptors (Lipinski definition) is 4. The van der Waals surface area contributed by atoms with Crippen molar-refractivity contribution in [1.29, 1.82) is 5.26 Å². The lowest BCUT2D eigenvalue weighted by molar-refractivity contribution is 0.0737. The monoisotopic (exact) mass is 469 g/mol. The van der Waals surface area contributed by atoms with Gasteiger partial charge in [0.15, 0.2) is 0 Å². The van der Waals surface area contributed by atoms with Gasteiger partial charge in [-0.15, -0.1) is 0 Å². The van der Waals surface area contributed by atoms with Crippen LogP contribution >= 0.6 is 11.6 Å². The van der Waals surface area contributed by atoms with Crippen LogP contribution in [0.3, 0.4) is 0 Å². The first kappa shape index (κ1) is 23.2. The maximum absolute atomic E-state index is 13.9. The molecule has 0 radical (unpaired) electrons. The lowest BCUT2D eigenvalue weighted by atomic mass is 10.1. The fraction of sp³-hybridized carbons (Fsp3) is 0.185. The molecule has 7 heteroatoms. The molecule has 34 heavy (non-hydrogen) atoms. The number of halogens is 1. The molecule has 1 amide bonds. The third kappa shape index (κ3) is 5.00. The molecule has 0 aliphatic heterocycles. The molecule has 0 spiro atoms. The van der Waals surface area contributed by atoms with E-state index in [1.54, 1.807) is 34.1 Å². The van der Waals surface area contributed by atoms with Crippen molar-refractivity contribution in [1.82, 2.24) is 19.7 Å². The van der Waals surface area contributed by atoms with Crippen LogP contribution in [0.2, 0.25) is 5.02 Å². The van der Waals surface area contributed by atoms with Crippen molar-refractivity contribution in [3.63, 3.8) is 0 Å². The van der Waals surface area contributed by atoms with E-state index in [1.807, 2.05) is 56.3 Å². The van der Waals surface area contributed by atoms with E-state index in [2.05, 4.69) is 17.1 Å². The van der Waals surface area contributed by atoms with Gasteiger partial charge in [-0.1, -0.05) is 53.6 Å². The summed E-state index contributed by atoms with van der Waals surface area (Å²) in [6.07, 6.45) is 3.64. The van der Waals surface area contributed by atoms with Crippen LogP contribution in [0.5, 0.6) is 0 Å². The van der Waals surface area contributed by atoms with E-state index >= 15 is 0 Å². The highest BCUT2D eigenvalue weighted by Gasteiger charge is 2.24. The number of pyridine rings is 1. The fourth-order valence-electron chi connectivity index (χ4n) is 3.87. The third-order valence-electron chi connectivity index (χ3n) is 5.54. The minimum Gasteiger partial charge on any atom is -0.332 e. The predicted octanol–water partition coefficient (Wildman–Crippen LogP) is 5.76. The van der Waals surface area contributed by atoms with Gasteiger partial charge in [0.05, 0.1) is 28.9 Å². The molecule has 0 unspecified atom stereocenters. The molecule has 4 rings (SSSR count). The van der Waals surface area contributed by atoms with Crippen LogP contribution in [0.4, 0.5) is 0 Å². The molecule has 0 fully saturated rings. The average molecular weight is 470 g/mol. The maximum atomic E-state index is 13.9. The Kier molecular flexibility index (Phi) is 7.05. The van der Waals surface area contributed by atoms with Crippen molar-refractivity contribution < 1.29 is 4.79 Å². The fourth-order valence-corrected chi connectivity index (χ4v) is 4.10. The standard InChI is InChI=1S/C27H24ClN5O/c1-19-10-11-25(20(2)15-19)33-26(16-24(31-33)22-8-3-4-9-23(22)28)27(34)32(14-6-12-29)18-21-7-5-13-30-17-21/h3-5,7-11,13,15-17H,6,14,18H2,1-2H3. The summed E-state index contributed by atoms with van der Waals surface area (Å²) in [7, 11) is 0. The molecule has 0 atom stereocenters. The van der Waals surface area contributed by atoms with Crippen LogP contribution in [0.1, 0.15) is 33.6 Å². The zero-order valence-corrected chi connectivity index (χ0v) is 19.8. The number of aromatic nitrogens is 3. The van der Waals surface area contributed by atoms with Gasteiger partial charge in [-0.2, -0.15) is 10.4 Å². The smallest absolute Gasteiger partial charge is 0.272 e. The van der Waals surface area contributed by atoms with Crippen LogP contribution in [0.15, 0.2) is 73.1 Å². The van der Waals surface area contributed by atoms with Gasteiger partial charge in [0.1, 0.15) is 5.69 Å². The van der Waals surface area contributed by atoms with E-state index in [0.29, 0.717) is 29.5 Å². The molecule has 6 nitrogen and oxygen atoms in total. The third-order valence-corrected chi connectivity index (χ3v) is 5.87. The number of amides is 1. The van der Waals surface area contributed by atoms with Gasteiger partial charge in [0.2, 0.25) is 0 Å². The predicted molar refractivity (Wildman–Crippen MR) is 133 cm³/mol. The number of hydrogen-bond donors (Lipinski definition) is 0.